The number of rotatable bonds is 4. The van der Waals surface area contributed by atoms with E-state index >= 15 is 0 Å². The van der Waals surface area contributed by atoms with Crippen molar-refractivity contribution in [2.45, 2.75) is 18.9 Å². The van der Waals surface area contributed by atoms with E-state index in [-0.39, 0.29) is 17.1 Å². The van der Waals surface area contributed by atoms with Crippen LogP contribution < -0.4 is 4.74 Å². The van der Waals surface area contributed by atoms with Gasteiger partial charge in [-0.15, -0.1) is 0 Å². The molecule has 0 spiro atoms. The highest BCUT2D eigenvalue weighted by molar-refractivity contribution is 6.31. The van der Waals surface area contributed by atoms with Crippen molar-refractivity contribution in [1.82, 2.24) is 24.7 Å². The molecule has 28 heavy (non-hydrogen) atoms. The van der Waals surface area contributed by atoms with Crippen molar-refractivity contribution in [3.05, 3.63) is 53.8 Å². The molecule has 0 bridgehead atoms. The summed E-state index contributed by atoms with van der Waals surface area (Å²) in [7, 11) is 1.82. The number of hydrogen-bond donors (Lipinski definition) is 0. The van der Waals surface area contributed by atoms with Crippen LogP contribution in [0, 0.1) is 5.82 Å². The summed E-state index contributed by atoms with van der Waals surface area (Å²) in [6.45, 7) is 0. The Morgan fingerprint density at radius 3 is 2.68 bits per heavy atom. The second kappa shape index (κ2) is 6.53. The molecule has 0 N–H and O–H groups in total. The molecule has 0 saturated heterocycles. The molecule has 5 rings (SSSR count). The van der Waals surface area contributed by atoms with Crippen molar-refractivity contribution in [2.24, 2.45) is 7.05 Å². The van der Waals surface area contributed by atoms with E-state index in [0.29, 0.717) is 28.2 Å². The maximum atomic E-state index is 13.3. The van der Waals surface area contributed by atoms with Gasteiger partial charge in [0.25, 0.3) is 0 Å². The maximum Gasteiger partial charge on any atom is 0.171 e. The number of aryl methyl sites for hydroxylation is 1. The fourth-order valence-electron chi connectivity index (χ4n) is 3.07. The molecule has 0 unspecified atom stereocenters. The average molecular weight is 396 g/mol. The van der Waals surface area contributed by atoms with Crippen LogP contribution in [-0.4, -0.2) is 30.8 Å². The number of fused-ring (bicyclic) bond motifs is 1. The third-order valence-electron chi connectivity index (χ3n) is 4.55. The first-order chi connectivity index (χ1) is 13.6. The van der Waals surface area contributed by atoms with Crippen LogP contribution in [-0.2, 0) is 7.05 Å². The van der Waals surface area contributed by atoms with Crippen molar-refractivity contribution in [3.8, 4) is 28.3 Å². The van der Waals surface area contributed by atoms with Crippen molar-refractivity contribution in [3.63, 3.8) is 0 Å². The van der Waals surface area contributed by atoms with Gasteiger partial charge in [-0.05, 0) is 37.1 Å². The van der Waals surface area contributed by atoms with Gasteiger partial charge in [0.05, 0.1) is 11.6 Å². The number of halogens is 2. The average Bonchev–Trinajstić information content (AvgIpc) is 3.42. The van der Waals surface area contributed by atoms with Crippen LogP contribution in [0.25, 0.3) is 33.5 Å². The molecule has 8 heteroatoms. The highest BCUT2D eigenvalue weighted by atomic mass is 35.5. The Bertz CT molecular complexity index is 1190. The summed E-state index contributed by atoms with van der Waals surface area (Å²) >= 11 is 6.36. The van der Waals surface area contributed by atoms with E-state index in [1.165, 1.54) is 18.5 Å². The molecule has 0 atom stereocenters. The lowest BCUT2D eigenvalue weighted by Gasteiger charge is -2.09. The SMILES string of the molecule is Cn1cc(-c2ncnc3cc(OC4CC4)c(Cl)nc23)c(-c2ccc(F)cc2)n1. The Kier molecular flexibility index (Phi) is 3.98. The van der Waals surface area contributed by atoms with Crippen LogP contribution in [0.4, 0.5) is 4.39 Å². The summed E-state index contributed by atoms with van der Waals surface area (Å²) < 4.78 is 20.8. The zero-order chi connectivity index (χ0) is 19.3. The Labute approximate surface area is 165 Å². The largest absolute Gasteiger partial charge is 0.487 e. The molecular formula is C20H15ClFN5O. The minimum absolute atomic E-state index is 0.210. The zero-order valence-corrected chi connectivity index (χ0v) is 15.7. The molecule has 0 amide bonds. The van der Waals surface area contributed by atoms with E-state index in [9.17, 15) is 4.39 Å². The molecule has 1 saturated carbocycles. The fourth-order valence-corrected chi connectivity index (χ4v) is 3.26. The van der Waals surface area contributed by atoms with Gasteiger partial charge in [-0.2, -0.15) is 5.10 Å². The molecule has 0 radical (unpaired) electrons. The third-order valence-corrected chi connectivity index (χ3v) is 4.82. The molecule has 6 nitrogen and oxygen atoms in total. The Hall–Kier alpha value is -3.06. The topological polar surface area (TPSA) is 65.7 Å². The second-order valence-corrected chi connectivity index (χ2v) is 7.11. The van der Waals surface area contributed by atoms with E-state index in [0.717, 1.165) is 24.0 Å². The second-order valence-electron chi connectivity index (χ2n) is 6.76. The smallest absolute Gasteiger partial charge is 0.171 e. The predicted molar refractivity (Wildman–Crippen MR) is 104 cm³/mol. The summed E-state index contributed by atoms with van der Waals surface area (Å²) in [6, 6.07) is 7.98. The number of ether oxygens (including phenoxy) is 1. The molecule has 140 valence electrons. The van der Waals surface area contributed by atoms with Gasteiger partial charge < -0.3 is 4.74 Å². The first-order valence-electron chi connectivity index (χ1n) is 8.86. The van der Waals surface area contributed by atoms with Gasteiger partial charge in [-0.25, -0.2) is 19.3 Å². The lowest BCUT2D eigenvalue weighted by molar-refractivity contribution is 0.302. The van der Waals surface area contributed by atoms with Crippen molar-refractivity contribution >= 4 is 22.6 Å². The van der Waals surface area contributed by atoms with Crippen LogP contribution in [0.2, 0.25) is 5.15 Å². The van der Waals surface area contributed by atoms with Crippen LogP contribution in [0.1, 0.15) is 12.8 Å². The number of nitrogens with zero attached hydrogens (tertiary/aromatic N) is 5. The maximum absolute atomic E-state index is 13.3. The quantitative estimate of drug-likeness (QED) is 0.478. The van der Waals surface area contributed by atoms with Gasteiger partial charge in [0.1, 0.15) is 29.0 Å². The van der Waals surface area contributed by atoms with Gasteiger partial charge in [0.2, 0.25) is 0 Å². The van der Waals surface area contributed by atoms with Crippen molar-refractivity contribution in [1.29, 1.82) is 0 Å². The molecule has 1 aromatic carbocycles. The van der Waals surface area contributed by atoms with E-state index < -0.39 is 0 Å². The molecular weight excluding hydrogens is 381 g/mol. The summed E-state index contributed by atoms with van der Waals surface area (Å²) in [5.41, 5.74) is 4.03. The Morgan fingerprint density at radius 2 is 1.93 bits per heavy atom. The minimum Gasteiger partial charge on any atom is -0.487 e. The van der Waals surface area contributed by atoms with Gasteiger partial charge >= 0.3 is 0 Å². The first kappa shape index (κ1) is 17.1. The van der Waals surface area contributed by atoms with Crippen molar-refractivity contribution in [2.75, 3.05) is 0 Å². The number of benzene rings is 1. The minimum atomic E-state index is -0.301. The van der Waals surface area contributed by atoms with Crippen LogP contribution >= 0.6 is 11.6 Å². The highest BCUT2D eigenvalue weighted by Crippen LogP contribution is 2.37. The van der Waals surface area contributed by atoms with Gasteiger partial charge in [-0.3, -0.25) is 4.68 Å². The Morgan fingerprint density at radius 1 is 1.14 bits per heavy atom. The van der Waals surface area contributed by atoms with Gasteiger partial charge in [0.15, 0.2) is 10.9 Å². The van der Waals surface area contributed by atoms with Crippen LogP contribution in [0.15, 0.2) is 42.9 Å². The molecule has 0 aliphatic heterocycles. The van der Waals surface area contributed by atoms with Crippen molar-refractivity contribution < 1.29 is 9.13 Å². The summed E-state index contributed by atoms with van der Waals surface area (Å²) in [6.07, 6.45) is 5.60. The summed E-state index contributed by atoms with van der Waals surface area (Å²) in [5.74, 6) is 0.233. The normalized spacial score (nSPS) is 13.8. The summed E-state index contributed by atoms with van der Waals surface area (Å²) in [4.78, 5) is 13.3. The van der Waals surface area contributed by atoms with Gasteiger partial charge in [0, 0.05) is 30.4 Å². The molecule has 3 heterocycles. The fraction of sp³-hybridized carbons (Fsp3) is 0.200. The lowest BCUT2D eigenvalue weighted by atomic mass is 10.0. The third kappa shape index (κ3) is 3.07. The number of pyridine rings is 1. The Balaban J connectivity index is 1.67. The molecule has 1 fully saturated rings. The monoisotopic (exact) mass is 395 g/mol. The molecule has 1 aliphatic rings. The lowest BCUT2D eigenvalue weighted by Crippen LogP contribution is -1.99. The summed E-state index contributed by atoms with van der Waals surface area (Å²) in [5, 5.41) is 4.81. The standard InChI is InChI=1S/C20H15ClFN5O/c1-27-9-14(17(26-27)11-2-4-12(22)5-3-11)18-19-15(23-10-24-18)8-16(20(21)25-19)28-13-6-7-13/h2-5,8-10,13H,6-7H2,1H3. The van der Waals surface area contributed by atoms with E-state index in [1.54, 1.807) is 22.9 Å². The number of hydrogen-bond acceptors (Lipinski definition) is 5. The molecule has 4 aromatic rings. The molecule has 1 aliphatic carbocycles. The van der Waals surface area contributed by atoms with E-state index in [2.05, 4.69) is 20.1 Å². The number of aromatic nitrogens is 5. The molecule has 3 aromatic heterocycles. The van der Waals surface area contributed by atoms with Crippen LogP contribution in [0.3, 0.4) is 0 Å². The van der Waals surface area contributed by atoms with Crippen LogP contribution in [0.5, 0.6) is 5.75 Å². The predicted octanol–water partition coefficient (Wildman–Crippen LogP) is 4.43. The van der Waals surface area contributed by atoms with E-state index in [4.69, 9.17) is 16.3 Å². The van der Waals surface area contributed by atoms with E-state index in [1.807, 2.05) is 13.2 Å². The zero-order valence-electron chi connectivity index (χ0n) is 14.9. The highest BCUT2D eigenvalue weighted by Gasteiger charge is 2.26. The first-order valence-corrected chi connectivity index (χ1v) is 9.24. The van der Waals surface area contributed by atoms with Gasteiger partial charge in [-0.1, -0.05) is 11.6 Å².